The van der Waals surface area contributed by atoms with Gasteiger partial charge < -0.3 is 9.67 Å². The second kappa shape index (κ2) is 7.74. The molecule has 6 heteroatoms. The Labute approximate surface area is 154 Å². The zero-order valence-electron chi connectivity index (χ0n) is 15.4. The van der Waals surface area contributed by atoms with Crippen LogP contribution in [0, 0.1) is 0 Å². The lowest BCUT2D eigenvalue weighted by Gasteiger charge is -2.34. The maximum atomic E-state index is 12.7. The molecular weight excluding hydrogens is 328 g/mol. The van der Waals surface area contributed by atoms with E-state index in [1.807, 2.05) is 22.8 Å². The third-order valence-electron chi connectivity index (χ3n) is 4.70. The SMILES string of the molecule is C=C1c2c(ncn2Cc2ccccc2)N(C)C(=O)N1CCCCC(C)O. The molecule has 0 saturated heterocycles. The molecule has 2 amide bonds. The van der Waals surface area contributed by atoms with E-state index in [-0.39, 0.29) is 12.1 Å². The monoisotopic (exact) mass is 354 g/mol. The third-order valence-corrected chi connectivity index (χ3v) is 4.70. The van der Waals surface area contributed by atoms with Crippen molar-refractivity contribution >= 4 is 17.5 Å². The predicted octanol–water partition coefficient (Wildman–Crippen LogP) is 3.33. The topological polar surface area (TPSA) is 61.6 Å². The van der Waals surface area contributed by atoms with Gasteiger partial charge in [0.15, 0.2) is 5.82 Å². The van der Waals surface area contributed by atoms with Gasteiger partial charge in [-0.1, -0.05) is 36.9 Å². The first-order valence-corrected chi connectivity index (χ1v) is 9.00. The lowest BCUT2D eigenvalue weighted by Crippen LogP contribution is -2.45. The number of hydrogen-bond donors (Lipinski definition) is 1. The number of aliphatic hydroxyl groups excluding tert-OH is 1. The van der Waals surface area contributed by atoms with Gasteiger partial charge in [-0.05, 0) is 31.7 Å². The van der Waals surface area contributed by atoms with Gasteiger partial charge in [0.1, 0.15) is 5.69 Å². The van der Waals surface area contributed by atoms with Crippen molar-refractivity contribution in [2.75, 3.05) is 18.5 Å². The van der Waals surface area contributed by atoms with Gasteiger partial charge in [0.2, 0.25) is 0 Å². The molecule has 1 aliphatic heterocycles. The van der Waals surface area contributed by atoms with Gasteiger partial charge in [0.25, 0.3) is 0 Å². The van der Waals surface area contributed by atoms with E-state index < -0.39 is 0 Å². The van der Waals surface area contributed by atoms with Crippen LogP contribution in [0.1, 0.15) is 37.4 Å². The van der Waals surface area contributed by atoms with Gasteiger partial charge in [-0.25, -0.2) is 9.78 Å². The Morgan fingerprint density at radius 3 is 2.65 bits per heavy atom. The molecule has 1 atom stereocenters. The van der Waals surface area contributed by atoms with E-state index in [1.165, 1.54) is 5.56 Å². The van der Waals surface area contributed by atoms with E-state index >= 15 is 0 Å². The molecule has 0 spiro atoms. The first kappa shape index (κ1) is 18.2. The molecule has 1 aromatic carbocycles. The van der Waals surface area contributed by atoms with E-state index in [0.717, 1.165) is 25.0 Å². The first-order chi connectivity index (χ1) is 12.5. The number of anilines is 1. The van der Waals surface area contributed by atoms with Crippen LogP contribution in [0.4, 0.5) is 10.6 Å². The number of aliphatic hydroxyl groups is 1. The maximum Gasteiger partial charge on any atom is 0.329 e. The molecule has 1 aromatic heterocycles. The highest BCUT2D eigenvalue weighted by Crippen LogP contribution is 2.34. The van der Waals surface area contributed by atoms with Crippen LogP contribution >= 0.6 is 0 Å². The average molecular weight is 354 g/mol. The summed E-state index contributed by atoms with van der Waals surface area (Å²) in [7, 11) is 1.75. The van der Waals surface area contributed by atoms with Crippen LogP contribution < -0.4 is 4.90 Å². The van der Waals surface area contributed by atoms with Crippen LogP contribution in [-0.2, 0) is 6.54 Å². The average Bonchev–Trinajstić information content (AvgIpc) is 3.03. The Hall–Kier alpha value is -2.60. The largest absolute Gasteiger partial charge is 0.393 e. The summed E-state index contributed by atoms with van der Waals surface area (Å²) >= 11 is 0. The zero-order chi connectivity index (χ0) is 18.7. The fourth-order valence-electron chi connectivity index (χ4n) is 3.27. The lowest BCUT2D eigenvalue weighted by molar-refractivity contribution is 0.179. The molecule has 3 rings (SSSR count). The maximum absolute atomic E-state index is 12.7. The Kier molecular flexibility index (Phi) is 5.42. The second-order valence-corrected chi connectivity index (χ2v) is 6.82. The van der Waals surface area contributed by atoms with Crippen molar-refractivity contribution in [1.82, 2.24) is 14.5 Å². The number of carbonyl (C=O) groups excluding carboxylic acids is 1. The number of rotatable bonds is 7. The van der Waals surface area contributed by atoms with Crippen molar-refractivity contribution in [2.45, 2.75) is 38.8 Å². The smallest absolute Gasteiger partial charge is 0.329 e. The van der Waals surface area contributed by atoms with E-state index in [4.69, 9.17) is 0 Å². The van der Waals surface area contributed by atoms with Gasteiger partial charge >= 0.3 is 6.03 Å². The molecule has 0 radical (unpaired) electrons. The number of fused-ring (bicyclic) bond motifs is 1. The highest BCUT2D eigenvalue weighted by molar-refractivity contribution is 6.02. The molecule has 1 N–H and O–H groups in total. The molecule has 6 nitrogen and oxygen atoms in total. The first-order valence-electron chi connectivity index (χ1n) is 9.00. The molecule has 1 unspecified atom stereocenters. The highest BCUT2D eigenvalue weighted by Gasteiger charge is 2.34. The Morgan fingerprint density at radius 1 is 1.23 bits per heavy atom. The van der Waals surface area contributed by atoms with Crippen LogP contribution in [0.3, 0.4) is 0 Å². The zero-order valence-corrected chi connectivity index (χ0v) is 15.4. The molecule has 0 aliphatic carbocycles. The van der Waals surface area contributed by atoms with Crippen molar-refractivity contribution in [3.8, 4) is 0 Å². The summed E-state index contributed by atoms with van der Waals surface area (Å²) in [5.74, 6) is 0.649. The molecule has 0 bridgehead atoms. The Morgan fingerprint density at radius 2 is 1.96 bits per heavy atom. The minimum Gasteiger partial charge on any atom is -0.393 e. The van der Waals surface area contributed by atoms with Crippen LogP contribution in [0.15, 0.2) is 43.2 Å². The van der Waals surface area contributed by atoms with Crippen molar-refractivity contribution in [2.24, 2.45) is 0 Å². The number of urea groups is 1. The molecule has 2 heterocycles. The summed E-state index contributed by atoms with van der Waals surface area (Å²) in [5.41, 5.74) is 2.74. The molecule has 26 heavy (non-hydrogen) atoms. The van der Waals surface area contributed by atoms with E-state index in [1.54, 1.807) is 30.1 Å². The van der Waals surface area contributed by atoms with Crippen molar-refractivity contribution in [1.29, 1.82) is 0 Å². The van der Waals surface area contributed by atoms with Crippen molar-refractivity contribution < 1.29 is 9.90 Å². The summed E-state index contributed by atoms with van der Waals surface area (Å²) in [6.45, 7) is 7.23. The summed E-state index contributed by atoms with van der Waals surface area (Å²) in [4.78, 5) is 20.4. The minimum absolute atomic E-state index is 0.107. The number of amides is 2. The molecule has 0 fully saturated rings. The number of unbranched alkanes of at least 4 members (excludes halogenated alkanes) is 1. The van der Waals surface area contributed by atoms with Gasteiger partial charge in [-0.3, -0.25) is 9.80 Å². The molecule has 2 aromatic rings. The summed E-state index contributed by atoms with van der Waals surface area (Å²) < 4.78 is 2.04. The van der Waals surface area contributed by atoms with Crippen LogP contribution in [0.25, 0.3) is 5.70 Å². The van der Waals surface area contributed by atoms with Crippen LogP contribution in [-0.4, -0.2) is 45.3 Å². The van der Waals surface area contributed by atoms with Gasteiger partial charge in [-0.2, -0.15) is 0 Å². The number of hydrogen-bond acceptors (Lipinski definition) is 3. The van der Waals surface area contributed by atoms with Gasteiger partial charge in [-0.15, -0.1) is 0 Å². The fraction of sp³-hybridized carbons (Fsp3) is 0.400. The Balaban J connectivity index is 1.79. The highest BCUT2D eigenvalue weighted by atomic mass is 16.3. The van der Waals surface area contributed by atoms with Crippen LogP contribution in [0.2, 0.25) is 0 Å². The summed E-state index contributed by atoms with van der Waals surface area (Å²) in [5, 5.41) is 9.40. The summed E-state index contributed by atoms with van der Waals surface area (Å²) in [6, 6.07) is 10.0. The standard InChI is InChI=1S/C20H26N4O2/c1-15(25)9-7-8-12-24-16(2)18-19(22(3)20(24)26)21-14-23(18)13-17-10-5-4-6-11-17/h4-6,10-11,14-15,25H,2,7-9,12-13H2,1,3H3. The van der Waals surface area contributed by atoms with Gasteiger partial charge in [0, 0.05) is 20.1 Å². The minimum atomic E-state index is -0.308. The molecule has 138 valence electrons. The quantitative estimate of drug-likeness (QED) is 0.776. The molecule has 1 aliphatic rings. The van der Waals surface area contributed by atoms with Gasteiger partial charge in [0.05, 0.1) is 18.1 Å². The van der Waals surface area contributed by atoms with E-state index in [0.29, 0.717) is 24.6 Å². The molecule has 0 saturated carbocycles. The summed E-state index contributed by atoms with van der Waals surface area (Å²) in [6.07, 6.45) is 3.89. The number of aromatic nitrogens is 2. The predicted molar refractivity (Wildman–Crippen MR) is 103 cm³/mol. The third kappa shape index (κ3) is 3.65. The number of imidazole rings is 1. The van der Waals surface area contributed by atoms with Crippen molar-refractivity contribution in [3.05, 3.63) is 54.5 Å². The lowest BCUT2D eigenvalue weighted by atomic mass is 10.1. The van der Waals surface area contributed by atoms with Crippen molar-refractivity contribution in [3.63, 3.8) is 0 Å². The van der Waals surface area contributed by atoms with E-state index in [9.17, 15) is 9.90 Å². The molecular formula is C20H26N4O2. The van der Waals surface area contributed by atoms with E-state index in [2.05, 4.69) is 23.7 Å². The van der Waals surface area contributed by atoms with Crippen LogP contribution in [0.5, 0.6) is 0 Å². The number of carbonyl (C=O) groups is 1. The Bertz CT molecular complexity index is 782. The normalized spacial score (nSPS) is 15.3. The number of nitrogens with zero attached hydrogens (tertiary/aromatic N) is 4. The number of benzene rings is 1. The fourth-order valence-corrected chi connectivity index (χ4v) is 3.27. The second-order valence-electron chi connectivity index (χ2n) is 6.82.